The molecule has 0 unspecified atom stereocenters. The van der Waals surface area contributed by atoms with Crippen LogP contribution in [0.25, 0.3) is 6.08 Å². The van der Waals surface area contributed by atoms with Gasteiger partial charge in [0.2, 0.25) is 0 Å². The van der Waals surface area contributed by atoms with Gasteiger partial charge in [0.15, 0.2) is 0 Å². The van der Waals surface area contributed by atoms with Crippen LogP contribution in [0.4, 0.5) is 0 Å². The van der Waals surface area contributed by atoms with Crippen molar-refractivity contribution in [1.29, 1.82) is 0 Å². The average molecular weight is 333 g/mol. The summed E-state index contributed by atoms with van der Waals surface area (Å²) in [6, 6.07) is 10.4. The second-order valence-electron chi connectivity index (χ2n) is 7.26. The van der Waals surface area contributed by atoms with Crippen LogP contribution >= 0.6 is 0 Å². The van der Waals surface area contributed by atoms with Crippen LogP contribution in [0.2, 0.25) is 0 Å². The molecule has 0 atom stereocenters. The molecule has 128 valence electrons. The Morgan fingerprint density at radius 3 is 2.72 bits per heavy atom. The third-order valence-electron chi connectivity index (χ3n) is 5.28. The van der Waals surface area contributed by atoms with E-state index in [9.17, 15) is 4.79 Å². The molecule has 3 nitrogen and oxygen atoms in total. The predicted molar refractivity (Wildman–Crippen MR) is 98.4 cm³/mol. The van der Waals surface area contributed by atoms with Crippen molar-refractivity contribution in [3.05, 3.63) is 70.0 Å². The number of carbonyl (C=O) groups is 1. The highest BCUT2D eigenvalue weighted by Crippen LogP contribution is 2.30. The summed E-state index contributed by atoms with van der Waals surface area (Å²) in [5.74, 6) is 0.365. The number of aromatic nitrogens is 1. The van der Waals surface area contributed by atoms with E-state index in [0.29, 0.717) is 18.1 Å². The molecule has 0 saturated heterocycles. The number of hydrogen-bond donors (Lipinski definition) is 0. The molecule has 0 amide bonds. The van der Waals surface area contributed by atoms with Crippen LogP contribution in [0.1, 0.15) is 52.0 Å². The van der Waals surface area contributed by atoms with E-state index in [2.05, 4.69) is 42.2 Å². The van der Waals surface area contributed by atoms with E-state index in [-0.39, 0.29) is 5.97 Å². The van der Waals surface area contributed by atoms with Gasteiger partial charge in [0.05, 0.1) is 17.9 Å². The molecule has 1 fully saturated rings. The molecular formula is C22H23NO2. The maximum Gasteiger partial charge on any atom is 0.338 e. The van der Waals surface area contributed by atoms with Crippen molar-refractivity contribution in [1.82, 2.24) is 4.98 Å². The highest BCUT2D eigenvalue weighted by molar-refractivity contribution is 5.92. The molecule has 0 spiro atoms. The van der Waals surface area contributed by atoms with Gasteiger partial charge in [0.1, 0.15) is 0 Å². The van der Waals surface area contributed by atoms with E-state index in [1.165, 1.54) is 36.0 Å². The van der Waals surface area contributed by atoms with Gasteiger partial charge in [0, 0.05) is 6.20 Å². The summed E-state index contributed by atoms with van der Waals surface area (Å²) in [7, 11) is 0. The van der Waals surface area contributed by atoms with Gasteiger partial charge in [-0.05, 0) is 61.8 Å². The zero-order valence-electron chi connectivity index (χ0n) is 14.6. The fraction of sp³-hybridized carbons (Fsp3) is 0.364. The van der Waals surface area contributed by atoms with E-state index in [4.69, 9.17) is 4.74 Å². The lowest BCUT2D eigenvalue weighted by molar-refractivity contribution is 0.0370. The van der Waals surface area contributed by atoms with Crippen LogP contribution in [0.15, 0.2) is 42.1 Å². The van der Waals surface area contributed by atoms with Gasteiger partial charge in [-0.3, -0.25) is 4.98 Å². The fourth-order valence-corrected chi connectivity index (χ4v) is 3.49. The Morgan fingerprint density at radius 2 is 2.00 bits per heavy atom. The van der Waals surface area contributed by atoms with Crippen LogP contribution in [-0.4, -0.2) is 17.6 Å². The number of pyridine rings is 1. The maximum atomic E-state index is 12.5. The van der Waals surface area contributed by atoms with Gasteiger partial charge in [-0.2, -0.15) is 0 Å². The van der Waals surface area contributed by atoms with Crippen molar-refractivity contribution in [2.75, 3.05) is 6.61 Å². The Bertz CT molecular complexity index is 816. The molecule has 1 aromatic heterocycles. The summed E-state index contributed by atoms with van der Waals surface area (Å²) in [6.45, 7) is 2.65. The van der Waals surface area contributed by atoms with Crippen molar-refractivity contribution < 1.29 is 9.53 Å². The number of esters is 1. The molecule has 1 heterocycles. The molecule has 2 aliphatic carbocycles. The van der Waals surface area contributed by atoms with Crippen LogP contribution in [0.3, 0.4) is 0 Å². The number of allylic oxidation sites excluding steroid dienone is 1. The van der Waals surface area contributed by atoms with Crippen LogP contribution in [-0.2, 0) is 17.6 Å². The molecule has 1 aromatic carbocycles. The normalized spacial score (nSPS) is 16.1. The second kappa shape index (κ2) is 6.83. The molecule has 2 aromatic rings. The van der Waals surface area contributed by atoms with Gasteiger partial charge < -0.3 is 4.74 Å². The van der Waals surface area contributed by atoms with Crippen molar-refractivity contribution in [2.45, 2.75) is 39.0 Å². The lowest BCUT2D eigenvalue weighted by Gasteiger charge is -2.24. The minimum absolute atomic E-state index is 0.199. The van der Waals surface area contributed by atoms with Gasteiger partial charge in [-0.15, -0.1) is 0 Å². The number of nitrogens with zero attached hydrogens (tertiary/aromatic N) is 1. The van der Waals surface area contributed by atoms with Crippen LogP contribution in [0.5, 0.6) is 0 Å². The Labute approximate surface area is 148 Å². The topological polar surface area (TPSA) is 39.2 Å². The van der Waals surface area contributed by atoms with E-state index in [1.807, 2.05) is 0 Å². The van der Waals surface area contributed by atoms with Gasteiger partial charge in [-0.25, -0.2) is 4.79 Å². The Hall–Kier alpha value is -2.42. The number of ether oxygens (including phenoxy) is 1. The lowest BCUT2D eigenvalue weighted by atomic mass is 9.86. The number of hydrogen-bond acceptors (Lipinski definition) is 3. The molecule has 4 rings (SSSR count). The quantitative estimate of drug-likeness (QED) is 0.755. The molecule has 0 N–H and O–H groups in total. The fourth-order valence-electron chi connectivity index (χ4n) is 3.49. The molecule has 3 heteroatoms. The molecule has 2 aliphatic rings. The van der Waals surface area contributed by atoms with Crippen molar-refractivity contribution in [3.63, 3.8) is 0 Å². The number of rotatable bonds is 5. The van der Waals surface area contributed by atoms with E-state index < -0.39 is 0 Å². The Balaban J connectivity index is 1.45. The third kappa shape index (κ3) is 3.51. The highest BCUT2D eigenvalue weighted by atomic mass is 16.5. The second-order valence-corrected chi connectivity index (χ2v) is 7.26. The summed E-state index contributed by atoms with van der Waals surface area (Å²) in [4.78, 5) is 16.9. The summed E-state index contributed by atoms with van der Waals surface area (Å²) in [5, 5.41) is 0. The number of benzene rings is 1. The maximum absolute atomic E-state index is 12.5. The number of aryl methyl sites for hydroxylation is 1. The molecule has 1 saturated carbocycles. The Kier molecular flexibility index (Phi) is 4.39. The summed E-state index contributed by atoms with van der Waals surface area (Å²) < 4.78 is 5.53. The first kappa shape index (κ1) is 16.1. The highest BCUT2D eigenvalue weighted by Gasteiger charge is 2.24. The van der Waals surface area contributed by atoms with E-state index >= 15 is 0 Å². The molecular weight excluding hydrogens is 310 g/mol. The third-order valence-corrected chi connectivity index (χ3v) is 5.28. The van der Waals surface area contributed by atoms with Crippen LogP contribution < -0.4 is 0 Å². The van der Waals surface area contributed by atoms with Crippen molar-refractivity contribution in [3.8, 4) is 0 Å². The van der Waals surface area contributed by atoms with Crippen molar-refractivity contribution in [2.24, 2.45) is 5.92 Å². The largest absolute Gasteiger partial charge is 0.462 e. The van der Waals surface area contributed by atoms with Crippen molar-refractivity contribution >= 4 is 12.0 Å². The minimum Gasteiger partial charge on any atom is -0.462 e. The zero-order valence-corrected chi connectivity index (χ0v) is 14.6. The van der Waals surface area contributed by atoms with E-state index in [1.54, 1.807) is 12.3 Å². The molecule has 0 bridgehead atoms. The Morgan fingerprint density at radius 1 is 1.20 bits per heavy atom. The smallest absolute Gasteiger partial charge is 0.338 e. The summed E-state index contributed by atoms with van der Waals surface area (Å²) >= 11 is 0. The first-order chi connectivity index (χ1) is 12.2. The van der Waals surface area contributed by atoms with Gasteiger partial charge >= 0.3 is 5.97 Å². The average Bonchev–Trinajstić information content (AvgIpc) is 2.97. The lowest BCUT2D eigenvalue weighted by Crippen LogP contribution is -2.20. The SMILES string of the molecule is Cc1ccc(CC2=Cc3nccc(C(=O)OCC4CCC4)c3C2)cc1. The molecule has 25 heavy (non-hydrogen) atoms. The monoisotopic (exact) mass is 333 g/mol. The van der Waals surface area contributed by atoms with E-state index in [0.717, 1.165) is 24.1 Å². The van der Waals surface area contributed by atoms with Crippen LogP contribution in [0, 0.1) is 12.8 Å². The van der Waals surface area contributed by atoms with Gasteiger partial charge in [-0.1, -0.05) is 41.8 Å². The standard InChI is InChI=1S/C22H23NO2/c1-15-5-7-16(8-6-15)11-18-12-20-19(9-10-23-21(20)13-18)22(24)25-14-17-3-2-4-17/h5-10,13,17H,2-4,11-12,14H2,1H3. The summed E-state index contributed by atoms with van der Waals surface area (Å²) in [6.07, 6.45) is 9.15. The molecule has 0 radical (unpaired) electrons. The number of carbonyl (C=O) groups excluding carboxylic acids is 1. The summed E-state index contributed by atoms with van der Waals surface area (Å²) in [5.41, 5.74) is 6.47. The number of fused-ring (bicyclic) bond motifs is 1. The van der Waals surface area contributed by atoms with Gasteiger partial charge in [0.25, 0.3) is 0 Å². The predicted octanol–water partition coefficient (Wildman–Crippen LogP) is 4.53. The minimum atomic E-state index is -0.199. The molecule has 0 aliphatic heterocycles. The zero-order chi connectivity index (χ0) is 17.2. The first-order valence-electron chi connectivity index (χ1n) is 9.09. The first-order valence-corrected chi connectivity index (χ1v) is 9.09.